The molecule has 0 bridgehead atoms. The third kappa shape index (κ3) is 4.55. The van der Waals surface area contributed by atoms with Gasteiger partial charge in [0.05, 0.1) is 7.11 Å². The Hall–Kier alpha value is -1.91. The average molecular weight is 291 g/mol. The standard InChI is InChI=1S/C16H25N3O2/c1-12(2)18-16(20)17-10-13-7-8-19(11-13)14-5-4-6-15(9-14)21-3/h4-6,9,12-13H,7-8,10-11H2,1-3H3,(H2,17,18,20)/t13-/m0/s1. The molecule has 1 saturated heterocycles. The van der Waals surface area contributed by atoms with Crippen LogP contribution in [0.3, 0.4) is 0 Å². The SMILES string of the molecule is COc1cccc(N2CC[C@@H](CNC(=O)NC(C)C)C2)c1. The summed E-state index contributed by atoms with van der Waals surface area (Å²) in [4.78, 5) is 13.9. The summed E-state index contributed by atoms with van der Waals surface area (Å²) < 4.78 is 5.27. The number of benzene rings is 1. The van der Waals surface area contributed by atoms with Gasteiger partial charge in [-0.15, -0.1) is 0 Å². The molecule has 2 amide bonds. The van der Waals surface area contributed by atoms with Crippen molar-refractivity contribution < 1.29 is 9.53 Å². The summed E-state index contributed by atoms with van der Waals surface area (Å²) in [5, 5.41) is 5.79. The third-order valence-corrected chi connectivity index (χ3v) is 3.68. The second-order valence-corrected chi connectivity index (χ2v) is 5.81. The van der Waals surface area contributed by atoms with E-state index in [1.807, 2.05) is 26.0 Å². The van der Waals surface area contributed by atoms with Crippen LogP contribution in [0.15, 0.2) is 24.3 Å². The first-order chi connectivity index (χ1) is 10.1. The van der Waals surface area contributed by atoms with Crippen molar-refractivity contribution in [1.82, 2.24) is 10.6 Å². The van der Waals surface area contributed by atoms with E-state index in [1.54, 1.807) is 7.11 Å². The van der Waals surface area contributed by atoms with Crippen molar-refractivity contribution in [1.29, 1.82) is 0 Å². The van der Waals surface area contributed by atoms with Gasteiger partial charge in [-0.25, -0.2) is 4.79 Å². The molecule has 1 fully saturated rings. The fourth-order valence-electron chi connectivity index (χ4n) is 2.59. The molecule has 116 valence electrons. The minimum absolute atomic E-state index is 0.0789. The summed E-state index contributed by atoms with van der Waals surface area (Å²) in [6, 6.07) is 8.21. The Balaban J connectivity index is 1.81. The molecule has 0 aliphatic carbocycles. The molecule has 1 aromatic carbocycles. The molecule has 0 spiro atoms. The van der Waals surface area contributed by atoms with Gasteiger partial charge in [0, 0.05) is 37.4 Å². The topological polar surface area (TPSA) is 53.6 Å². The molecule has 5 nitrogen and oxygen atoms in total. The molecule has 1 aromatic rings. The number of methoxy groups -OCH3 is 1. The lowest BCUT2D eigenvalue weighted by atomic mass is 10.1. The zero-order valence-electron chi connectivity index (χ0n) is 13.1. The van der Waals surface area contributed by atoms with E-state index < -0.39 is 0 Å². The van der Waals surface area contributed by atoms with Gasteiger partial charge >= 0.3 is 6.03 Å². The maximum atomic E-state index is 11.6. The maximum absolute atomic E-state index is 11.6. The van der Waals surface area contributed by atoms with Crippen molar-refractivity contribution in [2.75, 3.05) is 31.6 Å². The molecule has 2 N–H and O–H groups in total. The fraction of sp³-hybridized carbons (Fsp3) is 0.562. The van der Waals surface area contributed by atoms with E-state index in [-0.39, 0.29) is 12.1 Å². The third-order valence-electron chi connectivity index (χ3n) is 3.68. The minimum Gasteiger partial charge on any atom is -0.497 e. The summed E-state index contributed by atoms with van der Waals surface area (Å²) in [7, 11) is 1.68. The summed E-state index contributed by atoms with van der Waals surface area (Å²) in [5.74, 6) is 1.37. The number of amides is 2. The number of hydrogen-bond donors (Lipinski definition) is 2. The second-order valence-electron chi connectivity index (χ2n) is 5.81. The van der Waals surface area contributed by atoms with Crippen LogP contribution >= 0.6 is 0 Å². The van der Waals surface area contributed by atoms with E-state index in [9.17, 15) is 4.79 Å². The van der Waals surface area contributed by atoms with Crippen LogP contribution in [0.1, 0.15) is 20.3 Å². The largest absolute Gasteiger partial charge is 0.497 e. The number of carbonyl (C=O) groups excluding carboxylic acids is 1. The number of nitrogens with zero attached hydrogens (tertiary/aromatic N) is 1. The molecule has 1 aliphatic rings. The lowest BCUT2D eigenvalue weighted by Crippen LogP contribution is -2.41. The van der Waals surface area contributed by atoms with Gasteiger partial charge in [0.1, 0.15) is 5.75 Å². The molecule has 21 heavy (non-hydrogen) atoms. The van der Waals surface area contributed by atoms with E-state index in [0.717, 1.165) is 31.8 Å². The molecule has 0 aromatic heterocycles. The van der Waals surface area contributed by atoms with Gasteiger partial charge in [-0.3, -0.25) is 0 Å². The molecule has 1 atom stereocenters. The van der Waals surface area contributed by atoms with Crippen molar-refractivity contribution in [2.45, 2.75) is 26.3 Å². The number of nitrogens with one attached hydrogen (secondary N) is 2. The van der Waals surface area contributed by atoms with E-state index in [4.69, 9.17) is 4.74 Å². The Bertz CT molecular complexity index is 476. The Kier molecular flexibility index (Phi) is 5.31. The van der Waals surface area contributed by atoms with Gasteiger partial charge in [0.2, 0.25) is 0 Å². The molecule has 0 unspecified atom stereocenters. The number of carbonyl (C=O) groups is 1. The van der Waals surface area contributed by atoms with Gasteiger partial charge in [-0.2, -0.15) is 0 Å². The zero-order valence-corrected chi connectivity index (χ0v) is 13.1. The number of rotatable bonds is 5. The Labute approximate surface area is 126 Å². The molecule has 5 heteroatoms. The first-order valence-electron chi connectivity index (χ1n) is 7.52. The minimum atomic E-state index is -0.0789. The summed E-state index contributed by atoms with van der Waals surface area (Å²) in [5.41, 5.74) is 1.18. The fourth-order valence-corrected chi connectivity index (χ4v) is 2.59. The smallest absolute Gasteiger partial charge is 0.314 e. The van der Waals surface area contributed by atoms with Gasteiger partial charge in [-0.05, 0) is 38.3 Å². The molecule has 1 heterocycles. The van der Waals surface area contributed by atoms with Crippen LogP contribution in [0, 0.1) is 5.92 Å². The number of anilines is 1. The number of urea groups is 1. The van der Waals surface area contributed by atoms with Crippen LogP contribution in [-0.2, 0) is 0 Å². The highest BCUT2D eigenvalue weighted by Gasteiger charge is 2.23. The normalized spacial score (nSPS) is 17.9. The molecule has 0 radical (unpaired) electrons. The predicted molar refractivity (Wildman–Crippen MR) is 85.0 cm³/mol. The average Bonchev–Trinajstić information content (AvgIpc) is 2.93. The highest BCUT2D eigenvalue weighted by atomic mass is 16.5. The van der Waals surface area contributed by atoms with E-state index in [2.05, 4.69) is 27.7 Å². The van der Waals surface area contributed by atoms with Crippen LogP contribution < -0.4 is 20.3 Å². The Morgan fingerprint density at radius 2 is 2.29 bits per heavy atom. The van der Waals surface area contributed by atoms with Gasteiger partial charge in [-0.1, -0.05) is 6.07 Å². The molecular weight excluding hydrogens is 266 g/mol. The highest BCUT2D eigenvalue weighted by molar-refractivity contribution is 5.74. The quantitative estimate of drug-likeness (QED) is 0.874. The Morgan fingerprint density at radius 3 is 3.00 bits per heavy atom. The van der Waals surface area contributed by atoms with Crippen LogP contribution in [0.5, 0.6) is 5.75 Å². The Morgan fingerprint density at radius 1 is 1.48 bits per heavy atom. The van der Waals surface area contributed by atoms with E-state index in [0.29, 0.717) is 5.92 Å². The van der Waals surface area contributed by atoms with Crippen LogP contribution in [0.25, 0.3) is 0 Å². The lowest BCUT2D eigenvalue weighted by molar-refractivity contribution is 0.237. The molecule has 0 saturated carbocycles. The first kappa shape index (κ1) is 15.5. The lowest BCUT2D eigenvalue weighted by Gasteiger charge is -2.19. The van der Waals surface area contributed by atoms with Crippen LogP contribution in [-0.4, -0.2) is 38.8 Å². The molecular formula is C16H25N3O2. The van der Waals surface area contributed by atoms with Crippen molar-refractivity contribution in [3.8, 4) is 5.75 Å². The van der Waals surface area contributed by atoms with E-state index >= 15 is 0 Å². The first-order valence-corrected chi connectivity index (χ1v) is 7.52. The summed E-state index contributed by atoms with van der Waals surface area (Å²) in [6.07, 6.45) is 1.10. The van der Waals surface area contributed by atoms with Crippen molar-refractivity contribution in [2.24, 2.45) is 5.92 Å². The summed E-state index contributed by atoms with van der Waals surface area (Å²) in [6.45, 7) is 6.62. The van der Waals surface area contributed by atoms with Crippen molar-refractivity contribution in [3.63, 3.8) is 0 Å². The zero-order chi connectivity index (χ0) is 15.2. The van der Waals surface area contributed by atoms with Gasteiger partial charge < -0.3 is 20.3 Å². The molecule has 1 aliphatic heterocycles. The van der Waals surface area contributed by atoms with Gasteiger partial charge in [0.25, 0.3) is 0 Å². The maximum Gasteiger partial charge on any atom is 0.314 e. The van der Waals surface area contributed by atoms with Crippen LogP contribution in [0.4, 0.5) is 10.5 Å². The van der Waals surface area contributed by atoms with Gasteiger partial charge in [0.15, 0.2) is 0 Å². The van der Waals surface area contributed by atoms with Crippen molar-refractivity contribution >= 4 is 11.7 Å². The predicted octanol–water partition coefficient (Wildman–Crippen LogP) is 2.23. The molecule has 2 rings (SSSR count). The number of ether oxygens (including phenoxy) is 1. The second kappa shape index (κ2) is 7.20. The summed E-state index contributed by atoms with van der Waals surface area (Å²) >= 11 is 0. The highest BCUT2D eigenvalue weighted by Crippen LogP contribution is 2.26. The number of hydrogen-bond acceptors (Lipinski definition) is 3. The monoisotopic (exact) mass is 291 g/mol. The van der Waals surface area contributed by atoms with Crippen LogP contribution in [0.2, 0.25) is 0 Å². The van der Waals surface area contributed by atoms with E-state index in [1.165, 1.54) is 5.69 Å². The van der Waals surface area contributed by atoms with Crippen molar-refractivity contribution in [3.05, 3.63) is 24.3 Å².